The van der Waals surface area contributed by atoms with Gasteiger partial charge in [0, 0.05) is 17.5 Å². The second-order valence-corrected chi connectivity index (χ2v) is 12.5. The first-order valence-electron chi connectivity index (χ1n) is 12.0. The number of aromatic nitrogens is 1. The standard InChI is InChI=1S/C28H30N4O4S3/c1-36-28(34)31-23(17-19-8-5-4-6-9-19)26(33)29-22(24-18-38-27(30-24)25-10-7-15-37-25)16-20-11-13-21(14-12-20)32-39(2,3)35/h4-15,18,22-23,32,35H,2-3,16-17H2,1H3,(H,29,33)(H,31,34)/t22?,23-/m1/s1. The van der Waals surface area contributed by atoms with Gasteiger partial charge in [0.2, 0.25) is 5.91 Å². The number of thiophene rings is 1. The predicted octanol–water partition coefficient (Wildman–Crippen LogP) is 5.71. The van der Waals surface area contributed by atoms with Crippen LogP contribution in [0.5, 0.6) is 0 Å². The Labute approximate surface area is 236 Å². The lowest BCUT2D eigenvalue weighted by molar-refractivity contribution is -0.123. The number of nitrogens with one attached hydrogen (secondary N) is 3. The summed E-state index contributed by atoms with van der Waals surface area (Å²) in [6.07, 6.45) is 0.0764. The molecule has 0 spiro atoms. The van der Waals surface area contributed by atoms with E-state index in [0.29, 0.717) is 18.5 Å². The number of anilines is 1. The van der Waals surface area contributed by atoms with Crippen LogP contribution in [-0.4, -0.2) is 46.4 Å². The molecule has 0 aliphatic heterocycles. The molecule has 2 aromatic heterocycles. The number of rotatable bonds is 11. The van der Waals surface area contributed by atoms with E-state index in [1.807, 2.05) is 77.5 Å². The minimum Gasteiger partial charge on any atom is -0.453 e. The van der Waals surface area contributed by atoms with E-state index in [2.05, 4.69) is 27.1 Å². The van der Waals surface area contributed by atoms with Crippen molar-refractivity contribution in [1.29, 1.82) is 0 Å². The number of nitrogens with zero attached hydrogens (tertiary/aromatic N) is 1. The number of alkyl carbamates (subject to hydrolysis) is 1. The molecule has 0 bridgehead atoms. The van der Waals surface area contributed by atoms with E-state index in [-0.39, 0.29) is 5.91 Å². The highest BCUT2D eigenvalue weighted by molar-refractivity contribution is 8.24. The summed E-state index contributed by atoms with van der Waals surface area (Å²) >= 11 is 3.12. The maximum Gasteiger partial charge on any atom is 0.407 e. The zero-order valence-corrected chi connectivity index (χ0v) is 23.8. The van der Waals surface area contributed by atoms with Crippen molar-refractivity contribution in [3.8, 4) is 9.88 Å². The summed E-state index contributed by atoms with van der Waals surface area (Å²) in [7, 11) is -1.13. The Morgan fingerprint density at radius 2 is 1.69 bits per heavy atom. The van der Waals surface area contributed by atoms with Crippen LogP contribution in [0.4, 0.5) is 10.5 Å². The lowest BCUT2D eigenvalue weighted by Gasteiger charge is -2.23. The van der Waals surface area contributed by atoms with Gasteiger partial charge in [-0.25, -0.2) is 9.78 Å². The summed E-state index contributed by atoms with van der Waals surface area (Å²) in [5, 5.41) is 10.6. The van der Waals surface area contributed by atoms with E-state index in [1.165, 1.54) is 18.4 Å². The molecule has 2 heterocycles. The van der Waals surface area contributed by atoms with Gasteiger partial charge in [0.1, 0.15) is 11.0 Å². The van der Waals surface area contributed by atoms with Crippen LogP contribution < -0.4 is 15.4 Å². The summed E-state index contributed by atoms with van der Waals surface area (Å²) in [6, 6.07) is 19.6. The average molecular weight is 583 g/mol. The van der Waals surface area contributed by atoms with Gasteiger partial charge >= 0.3 is 6.09 Å². The van der Waals surface area contributed by atoms with Crippen LogP contribution in [0.25, 0.3) is 9.88 Å². The zero-order valence-electron chi connectivity index (χ0n) is 21.3. The van der Waals surface area contributed by atoms with Crippen LogP contribution in [0.3, 0.4) is 0 Å². The molecular weight excluding hydrogens is 553 g/mol. The van der Waals surface area contributed by atoms with Crippen molar-refractivity contribution in [3.63, 3.8) is 0 Å². The third-order valence-corrected chi connectivity index (χ3v) is 8.22. The highest BCUT2D eigenvalue weighted by Gasteiger charge is 2.26. The first-order valence-corrected chi connectivity index (χ1v) is 15.7. The molecule has 1 unspecified atom stereocenters. The van der Waals surface area contributed by atoms with E-state index < -0.39 is 27.9 Å². The third kappa shape index (κ3) is 8.42. The van der Waals surface area contributed by atoms with Crippen molar-refractivity contribution in [2.75, 3.05) is 11.8 Å². The Hall–Kier alpha value is -3.64. The van der Waals surface area contributed by atoms with Crippen molar-refractivity contribution in [2.24, 2.45) is 0 Å². The van der Waals surface area contributed by atoms with E-state index in [4.69, 9.17) is 9.72 Å². The molecule has 0 radical (unpaired) electrons. The number of hydrogen-bond donors (Lipinski definition) is 4. The maximum absolute atomic E-state index is 13.6. The number of carbonyl (C=O) groups is 2. The van der Waals surface area contributed by atoms with Gasteiger partial charge < -0.3 is 24.6 Å². The number of benzene rings is 2. The van der Waals surface area contributed by atoms with Crippen LogP contribution in [0, 0.1) is 0 Å². The molecule has 11 heteroatoms. The molecule has 4 aromatic rings. The highest BCUT2D eigenvalue weighted by Crippen LogP contribution is 2.31. The number of methoxy groups -OCH3 is 1. The summed E-state index contributed by atoms with van der Waals surface area (Å²) in [5.74, 6) is 6.91. The molecule has 0 aliphatic rings. The molecule has 0 fully saturated rings. The first-order chi connectivity index (χ1) is 18.7. The third-order valence-electron chi connectivity index (χ3n) is 5.71. The monoisotopic (exact) mass is 582 g/mol. The summed E-state index contributed by atoms with van der Waals surface area (Å²) < 4.78 is 17.6. The van der Waals surface area contributed by atoms with E-state index >= 15 is 0 Å². The fraction of sp³-hybridized carbons (Fsp3) is 0.179. The van der Waals surface area contributed by atoms with Crippen LogP contribution in [0.2, 0.25) is 0 Å². The molecule has 2 amide bonds. The van der Waals surface area contributed by atoms with Crippen molar-refractivity contribution in [1.82, 2.24) is 15.6 Å². The SMILES string of the molecule is C=S(=C)(O)Nc1ccc(CC(NC(=O)[C@@H](Cc2ccccc2)NC(=O)OC)c2csc(-c3cccs3)n2)cc1. The zero-order chi connectivity index (χ0) is 27.8. The molecule has 39 heavy (non-hydrogen) atoms. The molecule has 4 rings (SSSR count). The minimum absolute atomic E-state index is 0.299. The molecule has 4 N–H and O–H groups in total. The molecule has 204 valence electrons. The number of carbonyl (C=O) groups excluding carboxylic acids is 2. The van der Waals surface area contributed by atoms with Crippen LogP contribution >= 0.6 is 32.3 Å². The van der Waals surface area contributed by atoms with Gasteiger partial charge in [0.15, 0.2) is 0 Å². The summed E-state index contributed by atoms with van der Waals surface area (Å²) in [4.78, 5) is 31.5. The van der Waals surface area contributed by atoms with E-state index in [9.17, 15) is 14.1 Å². The van der Waals surface area contributed by atoms with E-state index in [0.717, 1.165) is 26.7 Å². The Morgan fingerprint density at radius 3 is 2.33 bits per heavy atom. The molecular formula is C28H30N4O4S3. The molecule has 0 saturated carbocycles. The second-order valence-electron chi connectivity index (χ2n) is 8.84. The average Bonchev–Trinajstić information content (AvgIpc) is 3.61. The lowest BCUT2D eigenvalue weighted by atomic mass is 10.0. The number of ether oxygens (including phenoxy) is 1. The van der Waals surface area contributed by atoms with Gasteiger partial charge in [0.25, 0.3) is 0 Å². The lowest BCUT2D eigenvalue weighted by Crippen LogP contribution is -2.49. The quantitative estimate of drug-likeness (QED) is 0.169. The first kappa shape index (κ1) is 28.4. The Balaban J connectivity index is 1.59. The maximum atomic E-state index is 13.6. The van der Waals surface area contributed by atoms with Gasteiger partial charge in [-0.2, -0.15) is 0 Å². The topological polar surface area (TPSA) is 113 Å². The van der Waals surface area contributed by atoms with Gasteiger partial charge in [-0.3, -0.25) is 4.79 Å². The summed E-state index contributed by atoms with van der Waals surface area (Å²) in [6.45, 7) is 0. The Bertz CT molecular complexity index is 1490. The fourth-order valence-corrected chi connectivity index (χ4v) is 6.15. The van der Waals surface area contributed by atoms with Gasteiger partial charge in [-0.15, -0.1) is 22.7 Å². The second kappa shape index (κ2) is 12.9. The number of amides is 2. The van der Waals surface area contributed by atoms with Crippen LogP contribution in [-0.2, 0) is 22.4 Å². The normalized spacial score (nSPS) is 12.8. The fourth-order valence-electron chi connectivity index (χ4n) is 3.89. The van der Waals surface area contributed by atoms with Crippen molar-refractivity contribution >= 4 is 61.8 Å². The molecule has 0 saturated heterocycles. The van der Waals surface area contributed by atoms with Crippen LogP contribution in [0.15, 0.2) is 77.5 Å². The molecule has 2 aromatic carbocycles. The smallest absolute Gasteiger partial charge is 0.407 e. The Kier molecular flexibility index (Phi) is 9.41. The van der Waals surface area contributed by atoms with Gasteiger partial charge in [-0.1, -0.05) is 48.5 Å². The van der Waals surface area contributed by atoms with Crippen molar-refractivity contribution in [3.05, 3.63) is 94.3 Å². The Morgan fingerprint density at radius 1 is 0.974 bits per heavy atom. The van der Waals surface area contributed by atoms with Crippen molar-refractivity contribution in [2.45, 2.75) is 24.9 Å². The van der Waals surface area contributed by atoms with Gasteiger partial charge in [0.05, 0.1) is 23.7 Å². The summed E-state index contributed by atoms with van der Waals surface area (Å²) in [5.41, 5.74) is 3.27. The number of thiazole rings is 1. The number of hydrogen-bond acceptors (Lipinski definition) is 8. The highest BCUT2D eigenvalue weighted by atomic mass is 32.2. The molecule has 0 aliphatic carbocycles. The van der Waals surface area contributed by atoms with E-state index in [1.54, 1.807) is 11.3 Å². The predicted molar refractivity (Wildman–Crippen MR) is 164 cm³/mol. The molecule has 2 atom stereocenters. The van der Waals surface area contributed by atoms with Gasteiger partial charge in [-0.05, 0) is 62.5 Å². The van der Waals surface area contributed by atoms with Crippen molar-refractivity contribution < 1.29 is 18.9 Å². The molecule has 8 nitrogen and oxygen atoms in total. The minimum atomic E-state index is -2.40. The largest absolute Gasteiger partial charge is 0.453 e. The van der Waals surface area contributed by atoms with Crippen LogP contribution in [0.1, 0.15) is 22.9 Å².